The number of nitrogens with zero attached hydrogens (tertiary/aromatic N) is 2. The predicted molar refractivity (Wildman–Crippen MR) is 111 cm³/mol. The molecule has 0 radical (unpaired) electrons. The van der Waals surface area contributed by atoms with Gasteiger partial charge in [0.15, 0.2) is 0 Å². The van der Waals surface area contributed by atoms with Crippen LogP contribution < -0.4 is 10.2 Å². The number of amides is 1. The number of carbonyl (C=O) groups is 1. The number of benzene rings is 2. The van der Waals surface area contributed by atoms with E-state index < -0.39 is 4.92 Å². The number of nitro groups is 1. The number of fused-ring (bicyclic) bond motifs is 1. The smallest absolute Gasteiger partial charge is 0.273 e. The van der Waals surface area contributed by atoms with E-state index in [1.54, 1.807) is 18.2 Å². The van der Waals surface area contributed by atoms with Crippen molar-refractivity contribution in [3.05, 3.63) is 86.1 Å². The Kier molecular flexibility index (Phi) is 5.08. The topological polar surface area (TPSA) is 75.5 Å². The lowest BCUT2D eigenvalue weighted by atomic mass is 10.1. The van der Waals surface area contributed by atoms with Crippen LogP contribution in [0.15, 0.2) is 60.0 Å². The van der Waals surface area contributed by atoms with Crippen LogP contribution in [-0.4, -0.2) is 17.4 Å². The lowest BCUT2D eigenvalue weighted by Gasteiger charge is -2.29. The largest absolute Gasteiger partial charge is 0.367 e. The number of hydrogen-bond acceptors (Lipinski definition) is 5. The molecule has 3 aromatic rings. The second-order valence-electron chi connectivity index (χ2n) is 6.70. The highest BCUT2D eigenvalue weighted by Crippen LogP contribution is 2.28. The number of thiophene rings is 1. The van der Waals surface area contributed by atoms with Gasteiger partial charge in [-0.2, -0.15) is 0 Å². The van der Waals surface area contributed by atoms with Crippen LogP contribution >= 0.6 is 11.3 Å². The molecule has 0 aliphatic carbocycles. The summed E-state index contributed by atoms with van der Waals surface area (Å²) in [4.78, 5) is 26.7. The normalized spacial score (nSPS) is 13.1. The van der Waals surface area contributed by atoms with Crippen LogP contribution in [0.3, 0.4) is 0 Å². The van der Waals surface area contributed by atoms with Gasteiger partial charge in [0.1, 0.15) is 0 Å². The highest BCUT2D eigenvalue weighted by atomic mass is 32.1. The minimum atomic E-state index is -0.463. The van der Waals surface area contributed by atoms with Crippen LogP contribution in [0.4, 0.5) is 17.1 Å². The first-order chi connectivity index (χ1) is 13.6. The zero-order valence-electron chi connectivity index (χ0n) is 15.1. The van der Waals surface area contributed by atoms with E-state index in [0.29, 0.717) is 11.3 Å². The average Bonchev–Trinajstić information content (AvgIpc) is 3.16. The predicted octanol–water partition coefficient (Wildman–Crippen LogP) is 4.40. The van der Waals surface area contributed by atoms with E-state index in [1.165, 1.54) is 16.5 Å². The van der Waals surface area contributed by atoms with Crippen molar-refractivity contribution in [1.82, 2.24) is 0 Å². The van der Waals surface area contributed by atoms with Crippen LogP contribution in [0.1, 0.15) is 16.0 Å². The minimum Gasteiger partial charge on any atom is -0.367 e. The van der Waals surface area contributed by atoms with Crippen molar-refractivity contribution in [2.24, 2.45) is 0 Å². The molecular weight excluding hydrogens is 374 g/mol. The van der Waals surface area contributed by atoms with Crippen LogP contribution in [0.25, 0.3) is 0 Å². The van der Waals surface area contributed by atoms with Crippen LogP contribution in [0, 0.1) is 10.1 Å². The van der Waals surface area contributed by atoms with E-state index in [2.05, 4.69) is 21.7 Å². The maximum Gasteiger partial charge on any atom is 0.273 e. The lowest BCUT2D eigenvalue weighted by molar-refractivity contribution is -0.385. The zero-order valence-corrected chi connectivity index (χ0v) is 15.9. The quantitative estimate of drug-likeness (QED) is 0.515. The van der Waals surface area contributed by atoms with E-state index >= 15 is 0 Å². The molecule has 2 aromatic carbocycles. The monoisotopic (exact) mass is 393 g/mol. The Labute approximate surface area is 166 Å². The fourth-order valence-corrected chi connectivity index (χ4v) is 4.33. The SMILES string of the molecule is O=C(Cc1ccccc1[N+](=O)[O-])Nc1ccc(N2CCc3sccc3C2)cc1. The second-order valence-corrected chi connectivity index (χ2v) is 7.70. The van der Waals surface area contributed by atoms with Crippen molar-refractivity contribution in [3.63, 3.8) is 0 Å². The summed E-state index contributed by atoms with van der Waals surface area (Å²) in [7, 11) is 0. The Morgan fingerprint density at radius 3 is 2.71 bits per heavy atom. The molecule has 7 heteroatoms. The fraction of sp³-hybridized carbons (Fsp3) is 0.190. The Morgan fingerprint density at radius 1 is 1.14 bits per heavy atom. The molecule has 1 amide bonds. The third-order valence-corrected chi connectivity index (χ3v) is 5.89. The Morgan fingerprint density at radius 2 is 1.93 bits per heavy atom. The Bertz CT molecular complexity index is 1010. The number of nitrogens with one attached hydrogen (secondary N) is 1. The van der Waals surface area contributed by atoms with Crippen molar-refractivity contribution in [2.75, 3.05) is 16.8 Å². The molecule has 28 heavy (non-hydrogen) atoms. The summed E-state index contributed by atoms with van der Waals surface area (Å²) in [6, 6.07) is 16.2. The Balaban J connectivity index is 1.40. The summed E-state index contributed by atoms with van der Waals surface area (Å²) in [6.07, 6.45) is 1.02. The van der Waals surface area contributed by atoms with Gasteiger partial charge >= 0.3 is 0 Å². The number of anilines is 2. The van der Waals surface area contributed by atoms with Crippen molar-refractivity contribution in [2.45, 2.75) is 19.4 Å². The minimum absolute atomic E-state index is 0.0358. The van der Waals surface area contributed by atoms with Gasteiger partial charge in [0.2, 0.25) is 5.91 Å². The highest BCUT2D eigenvalue weighted by Gasteiger charge is 2.18. The number of hydrogen-bond donors (Lipinski definition) is 1. The van der Waals surface area contributed by atoms with Crippen molar-refractivity contribution < 1.29 is 9.72 Å². The third-order valence-electron chi connectivity index (χ3n) is 4.86. The van der Waals surface area contributed by atoms with Crippen molar-refractivity contribution in [3.8, 4) is 0 Å². The molecule has 1 aliphatic heterocycles. The van der Waals surface area contributed by atoms with Gasteiger partial charge in [-0.05, 0) is 47.7 Å². The van der Waals surface area contributed by atoms with Gasteiger partial charge < -0.3 is 10.2 Å². The van der Waals surface area contributed by atoms with Gasteiger partial charge in [0, 0.05) is 41.0 Å². The molecule has 6 nitrogen and oxygen atoms in total. The van der Waals surface area contributed by atoms with Gasteiger partial charge in [0.05, 0.1) is 11.3 Å². The van der Waals surface area contributed by atoms with Gasteiger partial charge in [0.25, 0.3) is 5.69 Å². The van der Waals surface area contributed by atoms with E-state index in [4.69, 9.17) is 0 Å². The van der Waals surface area contributed by atoms with E-state index in [1.807, 2.05) is 35.6 Å². The maximum atomic E-state index is 12.3. The van der Waals surface area contributed by atoms with Gasteiger partial charge in [-0.15, -0.1) is 11.3 Å². The maximum absolute atomic E-state index is 12.3. The highest BCUT2D eigenvalue weighted by molar-refractivity contribution is 7.10. The summed E-state index contributed by atoms with van der Waals surface area (Å²) >= 11 is 1.82. The summed E-state index contributed by atoms with van der Waals surface area (Å²) in [5.74, 6) is -0.275. The molecule has 0 atom stereocenters. The second kappa shape index (κ2) is 7.82. The average molecular weight is 393 g/mol. The van der Waals surface area contributed by atoms with Gasteiger partial charge in [-0.1, -0.05) is 18.2 Å². The van der Waals surface area contributed by atoms with Crippen LogP contribution in [-0.2, 0) is 24.2 Å². The molecule has 0 spiro atoms. The number of carbonyl (C=O) groups excluding carboxylic acids is 1. The molecule has 142 valence electrons. The first-order valence-corrected chi connectivity index (χ1v) is 9.90. The van der Waals surface area contributed by atoms with Crippen molar-refractivity contribution in [1.29, 1.82) is 0 Å². The summed E-state index contributed by atoms with van der Waals surface area (Å²) in [6.45, 7) is 1.89. The van der Waals surface area contributed by atoms with Gasteiger partial charge in [-0.3, -0.25) is 14.9 Å². The summed E-state index contributed by atoms with van der Waals surface area (Å²) in [5.41, 5.74) is 3.56. The molecule has 0 fully saturated rings. The molecule has 0 saturated heterocycles. The number of rotatable bonds is 5. The molecule has 1 N–H and O–H groups in total. The number of nitro benzene ring substituents is 1. The van der Waals surface area contributed by atoms with E-state index in [9.17, 15) is 14.9 Å². The molecular formula is C21H19N3O3S. The molecule has 1 aliphatic rings. The van der Waals surface area contributed by atoms with Crippen LogP contribution in [0.5, 0.6) is 0 Å². The van der Waals surface area contributed by atoms with E-state index in [0.717, 1.165) is 25.2 Å². The molecule has 0 unspecified atom stereocenters. The standard InChI is InChI=1S/C21H19N3O3S/c25-21(13-15-3-1-2-4-19(15)24(26)27)22-17-5-7-18(8-6-17)23-11-9-20-16(14-23)10-12-28-20/h1-8,10,12H,9,11,13-14H2,(H,22,25). The molecule has 4 rings (SSSR count). The molecule has 0 saturated carbocycles. The molecule has 0 bridgehead atoms. The van der Waals surface area contributed by atoms with Crippen LogP contribution in [0.2, 0.25) is 0 Å². The first kappa shape index (κ1) is 18.2. The summed E-state index contributed by atoms with van der Waals surface area (Å²) in [5, 5.41) is 16.0. The zero-order chi connectivity index (χ0) is 19.5. The van der Waals surface area contributed by atoms with E-state index in [-0.39, 0.29) is 18.0 Å². The van der Waals surface area contributed by atoms with Gasteiger partial charge in [-0.25, -0.2) is 0 Å². The summed E-state index contributed by atoms with van der Waals surface area (Å²) < 4.78 is 0. The third kappa shape index (κ3) is 3.89. The van der Waals surface area contributed by atoms with Crippen molar-refractivity contribution >= 4 is 34.3 Å². The lowest BCUT2D eigenvalue weighted by Crippen LogP contribution is -2.29. The fourth-order valence-electron chi connectivity index (χ4n) is 3.44. The first-order valence-electron chi connectivity index (χ1n) is 9.02. The molecule has 2 heterocycles. The number of para-hydroxylation sites is 1. The Hall–Kier alpha value is -3.19. The molecule has 1 aromatic heterocycles.